The standard InChI is InChI=1S/C19H22ClNO3/c20-17-5-3-16(4-6-17)19-14-21(9-11-24-19)13-15-1-7-18(8-2-15)23-12-10-22/h1-8,19,22H,9-14H2/t19-/m0/s1. The molecule has 0 spiro atoms. The molecular weight excluding hydrogens is 326 g/mol. The maximum absolute atomic E-state index is 8.78. The van der Waals surface area contributed by atoms with Gasteiger partial charge in [0.15, 0.2) is 0 Å². The smallest absolute Gasteiger partial charge is 0.119 e. The molecule has 0 aliphatic carbocycles. The van der Waals surface area contributed by atoms with E-state index in [1.807, 2.05) is 36.4 Å². The number of hydrogen-bond donors (Lipinski definition) is 1. The van der Waals surface area contributed by atoms with E-state index in [4.69, 9.17) is 26.2 Å². The van der Waals surface area contributed by atoms with E-state index in [-0.39, 0.29) is 12.7 Å². The summed E-state index contributed by atoms with van der Waals surface area (Å²) in [5, 5.41) is 9.53. The average molecular weight is 348 g/mol. The number of halogens is 1. The maximum atomic E-state index is 8.78. The van der Waals surface area contributed by atoms with E-state index in [9.17, 15) is 0 Å². The van der Waals surface area contributed by atoms with Crippen molar-refractivity contribution in [2.45, 2.75) is 12.6 Å². The summed E-state index contributed by atoms with van der Waals surface area (Å²) in [6, 6.07) is 15.9. The van der Waals surface area contributed by atoms with E-state index in [0.717, 1.165) is 42.6 Å². The second kappa shape index (κ2) is 8.49. The third kappa shape index (κ3) is 4.71. The quantitative estimate of drug-likeness (QED) is 0.870. The van der Waals surface area contributed by atoms with Gasteiger partial charge in [-0.1, -0.05) is 35.9 Å². The van der Waals surface area contributed by atoms with E-state index in [0.29, 0.717) is 6.61 Å². The van der Waals surface area contributed by atoms with Crippen LogP contribution in [0.3, 0.4) is 0 Å². The van der Waals surface area contributed by atoms with Gasteiger partial charge < -0.3 is 14.6 Å². The Morgan fingerprint density at radius 2 is 1.88 bits per heavy atom. The van der Waals surface area contributed by atoms with Gasteiger partial charge in [-0.25, -0.2) is 0 Å². The molecule has 1 atom stereocenters. The molecule has 24 heavy (non-hydrogen) atoms. The molecule has 0 saturated carbocycles. The highest BCUT2D eigenvalue weighted by Crippen LogP contribution is 2.25. The average Bonchev–Trinajstić information content (AvgIpc) is 2.62. The fourth-order valence-corrected chi connectivity index (χ4v) is 2.96. The lowest BCUT2D eigenvalue weighted by Gasteiger charge is -2.33. The summed E-state index contributed by atoms with van der Waals surface area (Å²) in [6.07, 6.45) is 0.0863. The van der Waals surface area contributed by atoms with Crippen molar-refractivity contribution in [1.82, 2.24) is 4.90 Å². The molecule has 1 N–H and O–H groups in total. The summed E-state index contributed by atoms with van der Waals surface area (Å²) in [5.74, 6) is 0.786. The van der Waals surface area contributed by atoms with Crippen LogP contribution in [0, 0.1) is 0 Å². The summed E-state index contributed by atoms with van der Waals surface area (Å²) < 4.78 is 11.3. The van der Waals surface area contributed by atoms with E-state index in [1.54, 1.807) is 0 Å². The summed E-state index contributed by atoms with van der Waals surface area (Å²) in [7, 11) is 0. The summed E-state index contributed by atoms with van der Waals surface area (Å²) in [6.45, 7) is 3.75. The predicted octanol–water partition coefficient (Wildman–Crippen LogP) is 3.28. The number of nitrogens with zero attached hydrogens (tertiary/aromatic N) is 1. The van der Waals surface area contributed by atoms with Crippen molar-refractivity contribution in [2.75, 3.05) is 32.9 Å². The van der Waals surface area contributed by atoms with Crippen LogP contribution in [0.25, 0.3) is 0 Å². The fourth-order valence-electron chi connectivity index (χ4n) is 2.84. The molecule has 1 fully saturated rings. The Balaban J connectivity index is 1.57. The van der Waals surface area contributed by atoms with Crippen LogP contribution in [0.5, 0.6) is 5.75 Å². The van der Waals surface area contributed by atoms with Gasteiger partial charge in [-0.05, 0) is 35.4 Å². The minimum atomic E-state index is 0.0294. The molecule has 0 radical (unpaired) electrons. The molecule has 0 amide bonds. The van der Waals surface area contributed by atoms with E-state index < -0.39 is 0 Å². The normalized spacial score (nSPS) is 18.5. The molecule has 1 aliphatic rings. The molecule has 0 unspecified atom stereocenters. The van der Waals surface area contributed by atoms with Gasteiger partial charge in [-0.15, -0.1) is 0 Å². The summed E-state index contributed by atoms with van der Waals surface area (Å²) in [5.41, 5.74) is 2.40. The number of rotatable bonds is 6. The van der Waals surface area contributed by atoms with Crippen molar-refractivity contribution in [2.24, 2.45) is 0 Å². The zero-order valence-electron chi connectivity index (χ0n) is 13.5. The molecule has 3 rings (SSSR count). The lowest BCUT2D eigenvalue weighted by molar-refractivity contribution is -0.0329. The zero-order chi connectivity index (χ0) is 16.8. The Bertz CT molecular complexity index is 630. The third-order valence-electron chi connectivity index (χ3n) is 4.08. The number of ether oxygens (including phenoxy) is 2. The lowest BCUT2D eigenvalue weighted by Crippen LogP contribution is -2.37. The monoisotopic (exact) mass is 347 g/mol. The first-order chi connectivity index (χ1) is 11.7. The van der Waals surface area contributed by atoms with Crippen LogP contribution in [0.15, 0.2) is 48.5 Å². The zero-order valence-corrected chi connectivity index (χ0v) is 14.3. The minimum absolute atomic E-state index is 0.0294. The first kappa shape index (κ1) is 17.2. The Labute approximate surface area is 147 Å². The van der Waals surface area contributed by atoms with Crippen molar-refractivity contribution in [3.05, 3.63) is 64.7 Å². The Hall–Kier alpha value is -1.59. The topological polar surface area (TPSA) is 41.9 Å². The number of aliphatic hydroxyl groups excluding tert-OH is 1. The van der Waals surface area contributed by atoms with Crippen LogP contribution < -0.4 is 4.74 Å². The molecule has 2 aromatic carbocycles. The van der Waals surface area contributed by atoms with Crippen LogP contribution >= 0.6 is 11.6 Å². The summed E-state index contributed by atoms with van der Waals surface area (Å²) in [4.78, 5) is 2.40. The van der Waals surface area contributed by atoms with Crippen LogP contribution in [0.2, 0.25) is 5.02 Å². The van der Waals surface area contributed by atoms with Crippen LogP contribution in [0.1, 0.15) is 17.2 Å². The molecule has 0 bridgehead atoms. The van der Waals surface area contributed by atoms with E-state index >= 15 is 0 Å². The van der Waals surface area contributed by atoms with Crippen molar-refractivity contribution < 1.29 is 14.6 Å². The second-order valence-corrected chi connectivity index (χ2v) is 6.30. The Kier molecular flexibility index (Phi) is 6.10. The number of morpholine rings is 1. The van der Waals surface area contributed by atoms with E-state index in [2.05, 4.69) is 17.0 Å². The molecule has 1 aliphatic heterocycles. The second-order valence-electron chi connectivity index (χ2n) is 5.86. The molecule has 2 aromatic rings. The molecular formula is C19H22ClNO3. The molecule has 1 heterocycles. The maximum Gasteiger partial charge on any atom is 0.119 e. The molecule has 0 aromatic heterocycles. The Morgan fingerprint density at radius 1 is 1.12 bits per heavy atom. The van der Waals surface area contributed by atoms with Crippen LogP contribution in [0.4, 0.5) is 0 Å². The van der Waals surface area contributed by atoms with Gasteiger partial charge in [0, 0.05) is 24.7 Å². The minimum Gasteiger partial charge on any atom is -0.491 e. The van der Waals surface area contributed by atoms with Gasteiger partial charge in [0.25, 0.3) is 0 Å². The highest BCUT2D eigenvalue weighted by molar-refractivity contribution is 6.30. The largest absolute Gasteiger partial charge is 0.491 e. The molecule has 1 saturated heterocycles. The van der Waals surface area contributed by atoms with Crippen LogP contribution in [-0.2, 0) is 11.3 Å². The van der Waals surface area contributed by atoms with Crippen LogP contribution in [-0.4, -0.2) is 42.9 Å². The van der Waals surface area contributed by atoms with Gasteiger partial charge in [0.1, 0.15) is 12.4 Å². The van der Waals surface area contributed by atoms with Crippen molar-refractivity contribution >= 4 is 11.6 Å². The first-order valence-corrected chi connectivity index (χ1v) is 8.54. The van der Waals surface area contributed by atoms with Crippen molar-refractivity contribution in [3.8, 4) is 5.75 Å². The SMILES string of the molecule is OCCOc1ccc(CN2CCO[C@H](c3ccc(Cl)cc3)C2)cc1. The van der Waals surface area contributed by atoms with Gasteiger partial charge in [-0.3, -0.25) is 4.90 Å². The van der Waals surface area contributed by atoms with E-state index in [1.165, 1.54) is 5.56 Å². The van der Waals surface area contributed by atoms with Gasteiger partial charge in [-0.2, -0.15) is 0 Å². The fraction of sp³-hybridized carbons (Fsp3) is 0.368. The lowest BCUT2D eigenvalue weighted by atomic mass is 10.1. The van der Waals surface area contributed by atoms with Crippen molar-refractivity contribution in [3.63, 3.8) is 0 Å². The Morgan fingerprint density at radius 3 is 2.58 bits per heavy atom. The van der Waals surface area contributed by atoms with Crippen molar-refractivity contribution in [1.29, 1.82) is 0 Å². The third-order valence-corrected chi connectivity index (χ3v) is 4.33. The number of hydrogen-bond acceptors (Lipinski definition) is 4. The number of aliphatic hydroxyl groups is 1. The molecule has 5 heteroatoms. The molecule has 128 valence electrons. The first-order valence-electron chi connectivity index (χ1n) is 8.16. The van der Waals surface area contributed by atoms with Gasteiger partial charge >= 0.3 is 0 Å². The molecule has 4 nitrogen and oxygen atoms in total. The highest BCUT2D eigenvalue weighted by atomic mass is 35.5. The highest BCUT2D eigenvalue weighted by Gasteiger charge is 2.21. The van der Waals surface area contributed by atoms with Gasteiger partial charge in [0.2, 0.25) is 0 Å². The predicted molar refractivity (Wildman–Crippen MR) is 94.4 cm³/mol. The summed E-state index contributed by atoms with van der Waals surface area (Å²) >= 11 is 5.96. The van der Waals surface area contributed by atoms with Gasteiger partial charge in [0.05, 0.1) is 19.3 Å². The number of benzene rings is 2.